The number of carbonyl (C=O) groups excluding carboxylic acids is 1. The van der Waals surface area contributed by atoms with Gasteiger partial charge in [0.15, 0.2) is 5.69 Å². The van der Waals surface area contributed by atoms with Gasteiger partial charge in [-0.25, -0.2) is 0 Å². The molecular weight excluding hydrogens is 352 g/mol. The highest BCUT2D eigenvalue weighted by Gasteiger charge is 2.32. The molecule has 4 rings (SSSR count). The lowest BCUT2D eigenvalue weighted by Crippen LogP contribution is -2.23. The molecule has 28 heavy (non-hydrogen) atoms. The van der Waals surface area contributed by atoms with E-state index in [1.807, 2.05) is 37.7 Å². The highest BCUT2D eigenvalue weighted by atomic mass is 16.4. The lowest BCUT2D eigenvalue weighted by Gasteiger charge is -2.29. The summed E-state index contributed by atoms with van der Waals surface area (Å²) < 4.78 is 7.99. The minimum atomic E-state index is 0.288. The molecule has 0 fully saturated rings. The van der Waals surface area contributed by atoms with Crippen molar-refractivity contribution in [2.24, 2.45) is 12.5 Å². The first kappa shape index (κ1) is 18.6. The van der Waals surface area contributed by atoms with Crippen LogP contribution in [0.2, 0.25) is 0 Å². The lowest BCUT2D eigenvalue weighted by atomic mass is 9.76. The first-order valence-corrected chi connectivity index (χ1v) is 9.72. The normalized spacial score (nSPS) is 15.5. The van der Waals surface area contributed by atoms with Gasteiger partial charge in [0.25, 0.3) is 5.89 Å². The highest BCUT2D eigenvalue weighted by Crippen LogP contribution is 2.39. The van der Waals surface area contributed by atoms with Gasteiger partial charge in [-0.1, -0.05) is 13.8 Å². The van der Waals surface area contributed by atoms with Crippen molar-refractivity contribution in [1.82, 2.24) is 20.0 Å². The molecule has 0 bridgehead atoms. The molecule has 6 nitrogen and oxygen atoms in total. The molecule has 1 aliphatic carbocycles. The molecule has 0 saturated heterocycles. The van der Waals surface area contributed by atoms with Crippen LogP contribution in [0.25, 0.3) is 23.0 Å². The Morgan fingerprint density at radius 2 is 1.86 bits per heavy atom. The smallest absolute Gasteiger partial charge is 0.268 e. The van der Waals surface area contributed by atoms with Gasteiger partial charge in [0.1, 0.15) is 6.29 Å². The van der Waals surface area contributed by atoms with Crippen molar-refractivity contribution < 1.29 is 9.21 Å². The van der Waals surface area contributed by atoms with E-state index in [0.29, 0.717) is 18.2 Å². The highest BCUT2D eigenvalue weighted by molar-refractivity contribution is 5.64. The van der Waals surface area contributed by atoms with Gasteiger partial charge in [-0.3, -0.25) is 4.68 Å². The molecule has 0 amide bonds. The van der Waals surface area contributed by atoms with Crippen LogP contribution in [-0.2, 0) is 31.1 Å². The number of hydrogen-bond acceptors (Lipinski definition) is 5. The minimum Gasteiger partial charge on any atom is -0.415 e. The van der Waals surface area contributed by atoms with Gasteiger partial charge in [-0.2, -0.15) is 5.10 Å². The standard InChI is InChI=1S/C22H26N4O2/c1-13-10-15(11-14(2)16(13)7-9-27)20-23-24-21(28-20)19-17-6-8-22(3,4)12-18(17)26(5)25-19/h9-11H,6-8,12H2,1-5H3. The topological polar surface area (TPSA) is 73.8 Å². The Labute approximate surface area is 165 Å². The first-order chi connectivity index (χ1) is 13.3. The van der Waals surface area contributed by atoms with E-state index in [2.05, 4.69) is 24.0 Å². The number of hydrogen-bond donors (Lipinski definition) is 0. The maximum absolute atomic E-state index is 10.9. The molecule has 146 valence electrons. The fourth-order valence-corrected chi connectivity index (χ4v) is 4.22. The Morgan fingerprint density at radius 1 is 1.18 bits per heavy atom. The van der Waals surface area contributed by atoms with E-state index in [4.69, 9.17) is 9.52 Å². The molecule has 0 unspecified atom stereocenters. The Morgan fingerprint density at radius 3 is 2.54 bits per heavy atom. The molecule has 0 atom stereocenters. The average Bonchev–Trinajstić information content (AvgIpc) is 3.22. The van der Waals surface area contributed by atoms with E-state index in [9.17, 15) is 4.79 Å². The maximum Gasteiger partial charge on any atom is 0.268 e. The monoisotopic (exact) mass is 378 g/mol. The summed E-state index contributed by atoms with van der Waals surface area (Å²) in [5, 5.41) is 13.3. The van der Waals surface area contributed by atoms with Gasteiger partial charge in [-0.15, -0.1) is 10.2 Å². The molecular formula is C22H26N4O2. The third-order valence-corrected chi connectivity index (χ3v) is 5.83. The maximum atomic E-state index is 10.9. The molecule has 0 spiro atoms. The van der Waals surface area contributed by atoms with E-state index >= 15 is 0 Å². The molecule has 3 aromatic rings. The second-order valence-corrected chi connectivity index (χ2v) is 8.61. The van der Waals surface area contributed by atoms with Crippen LogP contribution < -0.4 is 0 Å². The largest absolute Gasteiger partial charge is 0.415 e. The van der Waals surface area contributed by atoms with Crippen LogP contribution in [0.15, 0.2) is 16.5 Å². The SMILES string of the molecule is Cc1cc(-c2nnc(-c3nn(C)c4c3CCC(C)(C)C4)o2)cc(C)c1CC=O. The number of aryl methyl sites for hydroxylation is 3. The first-order valence-electron chi connectivity index (χ1n) is 9.72. The summed E-state index contributed by atoms with van der Waals surface area (Å²) in [4.78, 5) is 10.9. The van der Waals surface area contributed by atoms with E-state index in [1.165, 1.54) is 11.3 Å². The predicted molar refractivity (Wildman–Crippen MR) is 107 cm³/mol. The van der Waals surface area contributed by atoms with Gasteiger partial charge in [0.2, 0.25) is 5.89 Å². The second kappa shape index (κ2) is 6.69. The van der Waals surface area contributed by atoms with Crippen LogP contribution in [0.4, 0.5) is 0 Å². The van der Waals surface area contributed by atoms with E-state index in [0.717, 1.165) is 53.5 Å². The zero-order valence-corrected chi connectivity index (χ0v) is 17.2. The van der Waals surface area contributed by atoms with Crippen molar-refractivity contribution >= 4 is 6.29 Å². The number of aromatic nitrogens is 4. The number of carbonyl (C=O) groups is 1. The number of rotatable bonds is 4. The quantitative estimate of drug-likeness (QED) is 0.641. The van der Waals surface area contributed by atoms with Crippen LogP contribution in [-0.4, -0.2) is 26.3 Å². The Bertz CT molecular complexity index is 1040. The Balaban J connectivity index is 1.71. The molecule has 1 aliphatic rings. The summed E-state index contributed by atoms with van der Waals surface area (Å²) in [6, 6.07) is 4.00. The molecule has 2 aromatic heterocycles. The van der Waals surface area contributed by atoms with Crippen LogP contribution >= 0.6 is 0 Å². The summed E-state index contributed by atoms with van der Waals surface area (Å²) in [5.74, 6) is 0.952. The second-order valence-electron chi connectivity index (χ2n) is 8.61. The molecule has 0 aliphatic heterocycles. The Hall–Kier alpha value is -2.76. The molecule has 2 heterocycles. The number of fused-ring (bicyclic) bond motifs is 1. The molecule has 0 radical (unpaired) electrons. The summed E-state index contributed by atoms with van der Waals surface area (Å²) in [6.45, 7) is 8.60. The minimum absolute atomic E-state index is 0.288. The van der Waals surface area contributed by atoms with E-state index in [-0.39, 0.29) is 5.41 Å². The summed E-state index contributed by atoms with van der Waals surface area (Å²) >= 11 is 0. The van der Waals surface area contributed by atoms with Crippen molar-refractivity contribution in [1.29, 1.82) is 0 Å². The van der Waals surface area contributed by atoms with Gasteiger partial charge >= 0.3 is 0 Å². The van der Waals surface area contributed by atoms with Gasteiger partial charge in [-0.05, 0) is 67.3 Å². The van der Waals surface area contributed by atoms with Crippen LogP contribution in [0.5, 0.6) is 0 Å². The number of aldehydes is 1. The van der Waals surface area contributed by atoms with Crippen molar-refractivity contribution in [2.75, 3.05) is 0 Å². The van der Waals surface area contributed by atoms with Crippen LogP contribution in [0, 0.1) is 19.3 Å². The van der Waals surface area contributed by atoms with E-state index < -0.39 is 0 Å². The predicted octanol–water partition coefficient (Wildman–Crippen LogP) is 4.01. The zero-order chi connectivity index (χ0) is 20.1. The Kier molecular flexibility index (Phi) is 4.44. The van der Waals surface area contributed by atoms with Gasteiger partial charge in [0, 0.05) is 30.3 Å². The van der Waals surface area contributed by atoms with Crippen LogP contribution in [0.1, 0.15) is 48.2 Å². The fourth-order valence-electron chi connectivity index (χ4n) is 4.22. The summed E-state index contributed by atoms with van der Waals surface area (Å²) in [5.41, 5.74) is 7.61. The number of benzene rings is 1. The third kappa shape index (κ3) is 3.17. The molecule has 0 N–H and O–H groups in total. The molecule has 6 heteroatoms. The van der Waals surface area contributed by atoms with Crippen molar-refractivity contribution in [3.8, 4) is 23.0 Å². The number of nitrogens with zero attached hydrogens (tertiary/aromatic N) is 4. The van der Waals surface area contributed by atoms with Gasteiger partial charge < -0.3 is 9.21 Å². The van der Waals surface area contributed by atoms with Crippen LogP contribution in [0.3, 0.4) is 0 Å². The third-order valence-electron chi connectivity index (χ3n) is 5.83. The fraction of sp³-hybridized carbons (Fsp3) is 0.455. The summed E-state index contributed by atoms with van der Waals surface area (Å²) in [6.07, 6.45) is 4.45. The zero-order valence-electron chi connectivity index (χ0n) is 17.2. The molecule has 0 saturated carbocycles. The van der Waals surface area contributed by atoms with Gasteiger partial charge in [0.05, 0.1) is 0 Å². The summed E-state index contributed by atoms with van der Waals surface area (Å²) in [7, 11) is 1.99. The average molecular weight is 378 g/mol. The van der Waals surface area contributed by atoms with Crippen molar-refractivity contribution in [2.45, 2.75) is 53.4 Å². The van der Waals surface area contributed by atoms with Crippen molar-refractivity contribution in [3.05, 3.63) is 40.1 Å². The lowest BCUT2D eigenvalue weighted by molar-refractivity contribution is -0.107. The molecule has 1 aromatic carbocycles. The van der Waals surface area contributed by atoms with Crippen molar-refractivity contribution in [3.63, 3.8) is 0 Å². The van der Waals surface area contributed by atoms with E-state index in [1.54, 1.807) is 0 Å².